The molecule has 0 fully saturated rings. The lowest BCUT2D eigenvalue weighted by atomic mass is 10.3. The zero-order valence-electron chi connectivity index (χ0n) is 14.7. The van der Waals surface area contributed by atoms with Gasteiger partial charge < -0.3 is 14.3 Å². The zero-order valence-corrected chi connectivity index (χ0v) is 16.3. The van der Waals surface area contributed by atoms with E-state index in [0.29, 0.717) is 29.0 Å². The van der Waals surface area contributed by atoms with Gasteiger partial charge in [-0.05, 0) is 28.4 Å². The monoisotopic (exact) mass is 426 g/mol. The summed E-state index contributed by atoms with van der Waals surface area (Å²) in [6, 6.07) is 11.6. The summed E-state index contributed by atoms with van der Waals surface area (Å²) in [6.45, 7) is 5.63. The van der Waals surface area contributed by atoms with E-state index in [1.165, 1.54) is 0 Å². The molecule has 0 radical (unpaired) electrons. The number of halogens is 1. The van der Waals surface area contributed by atoms with E-state index in [1.54, 1.807) is 12.1 Å². The number of fused-ring (bicyclic) bond motifs is 2. The standard InChI is InChI=1S/C20H19BrN4O2/c1-2-9-25-16-12-19(21)27-18(16)11-17(25)20(26)22-8-5-10-24-13-14-6-3-4-7-15(14)23-24/h2-4,6-7,11-13H,1,5,8-10H2,(H,22,26). The van der Waals surface area contributed by atoms with Crippen LogP contribution in [0.2, 0.25) is 0 Å². The first kappa shape index (κ1) is 17.6. The highest BCUT2D eigenvalue weighted by atomic mass is 79.9. The SMILES string of the molecule is C=CCn1c(C(=O)NCCCn2cc3ccccc3n2)cc2oc(Br)cc21. The van der Waals surface area contributed by atoms with Gasteiger partial charge in [-0.3, -0.25) is 9.48 Å². The summed E-state index contributed by atoms with van der Waals surface area (Å²) in [5.41, 5.74) is 3.10. The highest BCUT2D eigenvalue weighted by molar-refractivity contribution is 9.10. The molecule has 1 amide bonds. The van der Waals surface area contributed by atoms with E-state index in [9.17, 15) is 4.79 Å². The van der Waals surface area contributed by atoms with Gasteiger partial charge in [0.05, 0.1) is 11.0 Å². The molecular weight excluding hydrogens is 408 g/mol. The molecule has 3 aromatic heterocycles. The van der Waals surface area contributed by atoms with E-state index < -0.39 is 0 Å². The van der Waals surface area contributed by atoms with Crippen LogP contribution < -0.4 is 5.32 Å². The number of furan rings is 1. The zero-order chi connectivity index (χ0) is 18.8. The topological polar surface area (TPSA) is 65.0 Å². The molecule has 1 aromatic carbocycles. The van der Waals surface area contributed by atoms with Crippen LogP contribution >= 0.6 is 15.9 Å². The molecule has 4 rings (SSSR count). The Hall–Kier alpha value is -2.80. The van der Waals surface area contributed by atoms with Gasteiger partial charge >= 0.3 is 0 Å². The summed E-state index contributed by atoms with van der Waals surface area (Å²) in [5, 5.41) is 8.63. The van der Waals surface area contributed by atoms with E-state index in [1.807, 2.05) is 45.8 Å². The van der Waals surface area contributed by atoms with Crippen LogP contribution in [0.1, 0.15) is 16.9 Å². The Morgan fingerprint density at radius 3 is 3.00 bits per heavy atom. The third-order valence-electron chi connectivity index (χ3n) is 4.41. The van der Waals surface area contributed by atoms with Crippen molar-refractivity contribution < 1.29 is 9.21 Å². The molecule has 0 saturated heterocycles. The van der Waals surface area contributed by atoms with Crippen LogP contribution in [0.25, 0.3) is 22.0 Å². The molecule has 27 heavy (non-hydrogen) atoms. The van der Waals surface area contributed by atoms with Gasteiger partial charge in [0.2, 0.25) is 0 Å². The van der Waals surface area contributed by atoms with Crippen LogP contribution in [0.5, 0.6) is 0 Å². The summed E-state index contributed by atoms with van der Waals surface area (Å²) >= 11 is 3.32. The van der Waals surface area contributed by atoms with Crippen LogP contribution in [-0.2, 0) is 13.1 Å². The average Bonchev–Trinajstić information content (AvgIpc) is 3.31. The fraction of sp³-hybridized carbons (Fsp3) is 0.200. The summed E-state index contributed by atoms with van der Waals surface area (Å²) in [5.74, 6) is -0.120. The Morgan fingerprint density at radius 1 is 1.33 bits per heavy atom. The number of hydrogen-bond donors (Lipinski definition) is 1. The molecule has 4 aromatic rings. The maximum atomic E-state index is 12.6. The average molecular weight is 427 g/mol. The lowest BCUT2D eigenvalue weighted by Gasteiger charge is -2.08. The lowest BCUT2D eigenvalue weighted by molar-refractivity contribution is 0.0944. The number of carbonyl (C=O) groups is 1. The van der Waals surface area contributed by atoms with Gasteiger partial charge in [-0.15, -0.1) is 6.58 Å². The number of nitrogens with one attached hydrogen (secondary N) is 1. The maximum absolute atomic E-state index is 12.6. The van der Waals surface area contributed by atoms with Crippen molar-refractivity contribution in [2.45, 2.75) is 19.5 Å². The summed E-state index contributed by atoms with van der Waals surface area (Å²) < 4.78 is 10.0. The molecule has 0 unspecified atom stereocenters. The molecule has 0 saturated carbocycles. The van der Waals surface area contributed by atoms with Crippen LogP contribution in [0.15, 0.2) is 64.3 Å². The van der Waals surface area contributed by atoms with E-state index in [4.69, 9.17) is 4.42 Å². The molecule has 138 valence electrons. The molecule has 0 bridgehead atoms. The molecule has 0 aliphatic heterocycles. The minimum atomic E-state index is -0.120. The number of carbonyl (C=O) groups excluding carboxylic acids is 1. The number of benzene rings is 1. The van der Waals surface area contributed by atoms with Crippen molar-refractivity contribution in [3.05, 3.63) is 65.6 Å². The first-order chi connectivity index (χ1) is 13.2. The predicted octanol–water partition coefficient (Wildman–Crippen LogP) is 4.35. The van der Waals surface area contributed by atoms with Crippen molar-refractivity contribution >= 4 is 43.8 Å². The van der Waals surface area contributed by atoms with Gasteiger partial charge in [0.15, 0.2) is 10.3 Å². The second kappa shape index (κ2) is 7.44. The first-order valence-corrected chi connectivity index (χ1v) is 9.55. The first-order valence-electron chi connectivity index (χ1n) is 8.75. The fourth-order valence-corrected chi connectivity index (χ4v) is 3.58. The Labute approximate surface area is 164 Å². The molecule has 0 spiro atoms. The van der Waals surface area contributed by atoms with Gasteiger partial charge in [0.25, 0.3) is 5.91 Å². The van der Waals surface area contributed by atoms with Crippen molar-refractivity contribution in [1.29, 1.82) is 0 Å². The van der Waals surface area contributed by atoms with E-state index >= 15 is 0 Å². The van der Waals surface area contributed by atoms with E-state index in [-0.39, 0.29) is 5.91 Å². The summed E-state index contributed by atoms with van der Waals surface area (Å²) in [4.78, 5) is 12.6. The van der Waals surface area contributed by atoms with Gasteiger partial charge in [0.1, 0.15) is 5.69 Å². The molecular formula is C20H19BrN4O2. The molecule has 3 heterocycles. The number of aromatic nitrogens is 3. The second-order valence-corrected chi connectivity index (χ2v) is 7.07. The lowest BCUT2D eigenvalue weighted by Crippen LogP contribution is -2.27. The molecule has 0 aliphatic carbocycles. The predicted molar refractivity (Wildman–Crippen MR) is 109 cm³/mol. The molecule has 6 nitrogen and oxygen atoms in total. The minimum absolute atomic E-state index is 0.120. The van der Waals surface area contributed by atoms with Gasteiger partial charge in [-0.1, -0.05) is 24.3 Å². The van der Waals surface area contributed by atoms with Crippen LogP contribution in [-0.4, -0.2) is 26.8 Å². The maximum Gasteiger partial charge on any atom is 0.268 e. The largest absolute Gasteiger partial charge is 0.448 e. The number of allylic oxidation sites excluding steroid dienone is 1. The van der Waals surface area contributed by atoms with Crippen molar-refractivity contribution in [1.82, 2.24) is 19.7 Å². The van der Waals surface area contributed by atoms with Crippen molar-refractivity contribution in [3.63, 3.8) is 0 Å². The smallest absolute Gasteiger partial charge is 0.268 e. The normalized spacial score (nSPS) is 11.3. The Balaban J connectivity index is 1.39. The summed E-state index contributed by atoms with van der Waals surface area (Å²) in [6.07, 6.45) is 4.58. The number of nitrogens with zero attached hydrogens (tertiary/aromatic N) is 3. The van der Waals surface area contributed by atoms with Crippen molar-refractivity contribution in [2.75, 3.05) is 6.54 Å². The Morgan fingerprint density at radius 2 is 2.19 bits per heavy atom. The quantitative estimate of drug-likeness (QED) is 0.352. The minimum Gasteiger partial charge on any atom is -0.448 e. The molecule has 1 N–H and O–H groups in total. The second-order valence-electron chi connectivity index (χ2n) is 6.29. The van der Waals surface area contributed by atoms with E-state index in [2.05, 4.69) is 32.9 Å². The molecule has 7 heteroatoms. The van der Waals surface area contributed by atoms with Crippen molar-refractivity contribution in [3.8, 4) is 0 Å². The Kier molecular flexibility index (Phi) is 4.85. The highest BCUT2D eigenvalue weighted by Gasteiger charge is 2.17. The van der Waals surface area contributed by atoms with Gasteiger partial charge in [0, 0.05) is 43.4 Å². The third-order valence-corrected chi connectivity index (χ3v) is 4.81. The highest BCUT2D eigenvalue weighted by Crippen LogP contribution is 2.27. The van der Waals surface area contributed by atoms with E-state index in [0.717, 1.165) is 29.4 Å². The van der Waals surface area contributed by atoms with Crippen LogP contribution in [0.3, 0.4) is 0 Å². The molecule has 0 atom stereocenters. The van der Waals surface area contributed by atoms with Gasteiger partial charge in [-0.2, -0.15) is 5.10 Å². The number of aryl methyl sites for hydroxylation is 1. The third kappa shape index (κ3) is 3.55. The van der Waals surface area contributed by atoms with Gasteiger partial charge in [-0.25, -0.2) is 0 Å². The molecule has 0 aliphatic rings. The Bertz CT molecular complexity index is 1090. The number of rotatable bonds is 7. The van der Waals surface area contributed by atoms with Crippen LogP contribution in [0.4, 0.5) is 0 Å². The summed E-state index contributed by atoms with van der Waals surface area (Å²) in [7, 11) is 0. The van der Waals surface area contributed by atoms with Crippen LogP contribution in [0, 0.1) is 0 Å². The number of amides is 1. The van der Waals surface area contributed by atoms with Crippen molar-refractivity contribution in [2.24, 2.45) is 0 Å². The fourth-order valence-electron chi connectivity index (χ4n) is 3.19. The number of hydrogen-bond acceptors (Lipinski definition) is 3.